The quantitative estimate of drug-likeness (QED) is 0.901. The van der Waals surface area contributed by atoms with E-state index in [-0.39, 0.29) is 23.1 Å². The lowest BCUT2D eigenvalue weighted by Crippen LogP contribution is -2.51. The molecule has 1 aliphatic rings. The number of benzene rings is 2. The maximum absolute atomic E-state index is 12.6. The van der Waals surface area contributed by atoms with Crippen molar-refractivity contribution in [2.24, 2.45) is 5.92 Å². The summed E-state index contributed by atoms with van der Waals surface area (Å²) in [6, 6.07) is 20.8. The predicted octanol–water partition coefficient (Wildman–Crippen LogP) is 2.98. The van der Waals surface area contributed by atoms with E-state index < -0.39 is 0 Å². The predicted molar refractivity (Wildman–Crippen MR) is 103 cm³/mol. The second-order valence-corrected chi connectivity index (χ2v) is 7.10. The highest BCUT2D eigenvalue weighted by Crippen LogP contribution is 2.40. The van der Waals surface area contributed by atoms with Gasteiger partial charge in [-0.25, -0.2) is 0 Å². The average molecular weight is 350 g/mol. The number of carbonyl (C=O) groups is 2. The molecule has 0 spiro atoms. The summed E-state index contributed by atoms with van der Waals surface area (Å²) in [6.45, 7) is 2.91. The largest absolute Gasteiger partial charge is 0.359 e. The number of piperidine rings is 1. The second-order valence-electron chi connectivity index (χ2n) is 7.10. The van der Waals surface area contributed by atoms with Gasteiger partial charge >= 0.3 is 0 Å². The van der Waals surface area contributed by atoms with Crippen molar-refractivity contribution < 1.29 is 9.59 Å². The van der Waals surface area contributed by atoms with Crippen molar-refractivity contribution >= 4 is 11.8 Å². The number of rotatable bonds is 5. The molecule has 0 radical (unpaired) electrons. The zero-order chi connectivity index (χ0) is 18.6. The molecule has 4 nitrogen and oxygen atoms in total. The Labute approximate surface area is 155 Å². The third kappa shape index (κ3) is 3.50. The van der Waals surface area contributed by atoms with Crippen LogP contribution in [-0.4, -0.2) is 36.9 Å². The molecule has 3 rings (SSSR count). The van der Waals surface area contributed by atoms with Gasteiger partial charge in [0.2, 0.25) is 11.8 Å². The molecule has 1 fully saturated rings. The minimum atomic E-state index is -0.237. The molecule has 0 aliphatic carbocycles. The van der Waals surface area contributed by atoms with Crippen LogP contribution in [0.2, 0.25) is 0 Å². The first-order chi connectivity index (χ1) is 12.6. The maximum Gasteiger partial charge on any atom is 0.224 e. The van der Waals surface area contributed by atoms with Gasteiger partial charge in [0.15, 0.2) is 0 Å². The van der Waals surface area contributed by atoms with Crippen molar-refractivity contribution in [3.05, 3.63) is 71.8 Å². The van der Waals surface area contributed by atoms with Gasteiger partial charge in [0.05, 0.1) is 5.92 Å². The van der Waals surface area contributed by atoms with Crippen molar-refractivity contribution in [3.8, 4) is 0 Å². The SMILES string of the molecule is CNC(=O)[C@H](C)CN1CC(c2ccccc2)(c2ccccc2)CCC1=O. The van der Waals surface area contributed by atoms with E-state index in [9.17, 15) is 9.59 Å². The molecular formula is C22H26N2O2. The van der Waals surface area contributed by atoms with Crippen LogP contribution in [-0.2, 0) is 15.0 Å². The summed E-state index contributed by atoms with van der Waals surface area (Å²) >= 11 is 0. The Balaban J connectivity index is 1.97. The number of nitrogens with one attached hydrogen (secondary N) is 1. The topological polar surface area (TPSA) is 49.4 Å². The monoisotopic (exact) mass is 350 g/mol. The van der Waals surface area contributed by atoms with Crippen LogP contribution < -0.4 is 5.32 Å². The van der Waals surface area contributed by atoms with E-state index >= 15 is 0 Å². The van der Waals surface area contributed by atoms with Crippen molar-refractivity contribution in [1.29, 1.82) is 0 Å². The van der Waals surface area contributed by atoms with Crippen LogP contribution in [0.15, 0.2) is 60.7 Å². The minimum absolute atomic E-state index is 0.0339. The Morgan fingerprint density at radius 2 is 1.62 bits per heavy atom. The Morgan fingerprint density at radius 3 is 2.12 bits per heavy atom. The third-order valence-electron chi connectivity index (χ3n) is 5.42. The summed E-state index contributed by atoms with van der Waals surface area (Å²) in [6.07, 6.45) is 1.27. The lowest BCUT2D eigenvalue weighted by Gasteiger charge is -2.44. The number of amides is 2. The molecule has 136 valence electrons. The van der Waals surface area contributed by atoms with Crippen LogP contribution in [0.4, 0.5) is 0 Å². The van der Waals surface area contributed by atoms with E-state index in [1.165, 1.54) is 11.1 Å². The number of carbonyl (C=O) groups excluding carboxylic acids is 2. The molecule has 1 aliphatic heterocycles. The van der Waals surface area contributed by atoms with Gasteiger partial charge in [-0.05, 0) is 17.5 Å². The van der Waals surface area contributed by atoms with E-state index in [4.69, 9.17) is 0 Å². The molecule has 2 amide bonds. The van der Waals surface area contributed by atoms with Crippen LogP contribution in [0.25, 0.3) is 0 Å². The van der Waals surface area contributed by atoms with Crippen molar-refractivity contribution in [3.63, 3.8) is 0 Å². The van der Waals surface area contributed by atoms with Crippen LogP contribution in [0, 0.1) is 5.92 Å². The summed E-state index contributed by atoms with van der Waals surface area (Å²) in [5, 5.41) is 2.68. The smallest absolute Gasteiger partial charge is 0.224 e. The fourth-order valence-electron chi connectivity index (χ4n) is 3.95. The molecule has 2 aromatic rings. The van der Waals surface area contributed by atoms with E-state index in [0.29, 0.717) is 19.5 Å². The third-order valence-corrected chi connectivity index (χ3v) is 5.42. The molecule has 1 N–H and O–H groups in total. The van der Waals surface area contributed by atoms with Crippen LogP contribution in [0.1, 0.15) is 30.9 Å². The molecule has 1 heterocycles. The summed E-state index contributed by atoms with van der Waals surface area (Å²) in [5.41, 5.74) is 2.20. The first-order valence-electron chi connectivity index (χ1n) is 9.17. The molecular weight excluding hydrogens is 324 g/mol. The molecule has 0 bridgehead atoms. The Hall–Kier alpha value is -2.62. The molecule has 0 aromatic heterocycles. The molecule has 2 aromatic carbocycles. The average Bonchev–Trinajstić information content (AvgIpc) is 2.70. The van der Waals surface area contributed by atoms with Crippen LogP contribution in [0.3, 0.4) is 0 Å². The molecule has 1 saturated heterocycles. The zero-order valence-corrected chi connectivity index (χ0v) is 15.4. The molecule has 0 saturated carbocycles. The van der Waals surface area contributed by atoms with Crippen LogP contribution >= 0.6 is 0 Å². The minimum Gasteiger partial charge on any atom is -0.359 e. The summed E-state index contributed by atoms with van der Waals surface area (Å²) < 4.78 is 0. The van der Waals surface area contributed by atoms with E-state index in [1.54, 1.807) is 7.05 Å². The Kier molecular flexibility index (Phi) is 5.40. The fourth-order valence-corrected chi connectivity index (χ4v) is 3.95. The molecule has 4 heteroatoms. The maximum atomic E-state index is 12.6. The first kappa shape index (κ1) is 18.2. The van der Waals surface area contributed by atoms with Crippen molar-refractivity contribution in [2.75, 3.05) is 20.1 Å². The van der Waals surface area contributed by atoms with E-state index in [0.717, 1.165) is 6.42 Å². The van der Waals surface area contributed by atoms with Crippen molar-refractivity contribution in [1.82, 2.24) is 10.2 Å². The summed E-state index contributed by atoms with van der Waals surface area (Å²) in [4.78, 5) is 26.4. The summed E-state index contributed by atoms with van der Waals surface area (Å²) in [5.74, 6) is -0.136. The fraction of sp³-hybridized carbons (Fsp3) is 0.364. The Bertz CT molecular complexity index is 719. The van der Waals surface area contributed by atoms with Gasteiger partial charge in [-0.2, -0.15) is 0 Å². The van der Waals surface area contributed by atoms with Gasteiger partial charge in [-0.1, -0.05) is 67.6 Å². The number of hydrogen-bond donors (Lipinski definition) is 1. The second kappa shape index (κ2) is 7.73. The van der Waals surface area contributed by atoms with E-state index in [1.807, 2.05) is 48.2 Å². The van der Waals surface area contributed by atoms with Crippen LogP contribution in [0.5, 0.6) is 0 Å². The van der Waals surface area contributed by atoms with Crippen molar-refractivity contribution in [2.45, 2.75) is 25.2 Å². The first-order valence-corrected chi connectivity index (χ1v) is 9.17. The molecule has 1 atom stereocenters. The lowest BCUT2D eigenvalue weighted by molar-refractivity contribution is -0.136. The number of nitrogens with zero attached hydrogens (tertiary/aromatic N) is 1. The van der Waals surface area contributed by atoms with Gasteiger partial charge in [-0.15, -0.1) is 0 Å². The lowest BCUT2D eigenvalue weighted by atomic mass is 9.69. The molecule has 0 unspecified atom stereocenters. The zero-order valence-electron chi connectivity index (χ0n) is 15.4. The van der Waals surface area contributed by atoms with Gasteiger partial charge in [0.1, 0.15) is 0 Å². The number of likely N-dealkylation sites (tertiary alicyclic amines) is 1. The van der Waals surface area contributed by atoms with E-state index in [2.05, 4.69) is 29.6 Å². The Morgan fingerprint density at radius 1 is 1.08 bits per heavy atom. The highest BCUT2D eigenvalue weighted by Gasteiger charge is 2.41. The van der Waals surface area contributed by atoms with Gasteiger partial charge in [0, 0.05) is 32.0 Å². The molecule has 26 heavy (non-hydrogen) atoms. The number of hydrogen-bond acceptors (Lipinski definition) is 2. The highest BCUT2D eigenvalue weighted by atomic mass is 16.2. The van der Waals surface area contributed by atoms with Gasteiger partial charge in [-0.3, -0.25) is 9.59 Å². The van der Waals surface area contributed by atoms with Gasteiger partial charge < -0.3 is 10.2 Å². The summed E-state index contributed by atoms with van der Waals surface area (Å²) in [7, 11) is 1.63. The standard InChI is InChI=1S/C22H26N2O2/c1-17(21(26)23-2)15-24-16-22(14-13-20(24)25,18-9-5-3-6-10-18)19-11-7-4-8-12-19/h3-12,17H,13-16H2,1-2H3,(H,23,26)/t17-/m1/s1. The normalized spacial score (nSPS) is 17.6. The highest BCUT2D eigenvalue weighted by molar-refractivity contribution is 5.81. The van der Waals surface area contributed by atoms with Gasteiger partial charge in [0.25, 0.3) is 0 Å².